The van der Waals surface area contributed by atoms with Crippen molar-refractivity contribution < 1.29 is 9.47 Å². The fourth-order valence-electron chi connectivity index (χ4n) is 3.02. The van der Waals surface area contributed by atoms with E-state index >= 15 is 0 Å². The van der Waals surface area contributed by atoms with Crippen LogP contribution < -0.4 is 5.32 Å². The Morgan fingerprint density at radius 3 is 2.60 bits per heavy atom. The summed E-state index contributed by atoms with van der Waals surface area (Å²) in [6.45, 7) is 5.03. The molecule has 1 N–H and O–H groups in total. The van der Waals surface area contributed by atoms with Crippen LogP contribution in [0.15, 0.2) is 30.3 Å². The molecule has 0 heterocycles. The molecule has 0 amide bonds. The van der Waals surface area contributed by atoms with Crippen molar-refractivity contribution in [3.05, 3.63) is 35.9 Å². The normalized spacial score (nSPS) is 27.1. The molecule has 1 saturated carbocycles. The van der Waals surface area contributed by atoms with Crippen molar-refractivity contribution in [3.8, 4) is 0 Å². The van der Waals surface area contributed by atoms with Crippen molar-refractivity contribution in [2.45, 2.75) is 57.4 Å². The van der Waals surface area contributed by atoms with E-state index in [1.807, 2.05) is 6.92 Å². The molecule has 1 fully saturated rings. The highest BCUT2D eigenvalue weighted by atomic mass is 16.5. The molecule has 1 aromatic rings. The second-order valence-electron chi connectivity index (χ2n) is 5.45. The van der Waals surface area contributed by atoms with E-state index in [2.05, 4.69) is 42.6 Å². The quantitative estimate of drug-likeness (QED) is 0.791. The monoisotopic (exact) mass is 277 g/mol. The molecule has 3 heteroatoms. The topological polar surface area (TPSA) is 30.5 Å². The number of methoxy groups -OCH3 is 1. The third kappa shape index (κ3) is 3.60. The van der Waals surface area contributed by atoms with E-state index in [4.69, 9.17) is 9.47 Å². The number of rotatable bonds is 8. The number of nitrogens with one attached hydrogen (secondary N) is 1. The summed E-state index contributed by atoms with van der Waals surface area (Å²) in [7, 11) is 1.78. The van der Waals surface area contributed by atoms with Crippen molar-refractivity contribution in [1.82, 2.24) is 5.32 Å². The second-order valence-corrected chi connectivity index (χ2v) is 5.45. The van der Waals surface area contributed by atoms with Crippen LogP contribution in [0.5, 0.6) is 0 Å². The molecule has 4 atom stereocenters. The first-order valence-corrected chi connectivity index (χ1v) is 7.75. The summed E-state index contributed by atoms with van der Waals surface area (Å²) in [5.74, 6) is 0. The Balaban J connectivity index is 1.96. The van der Waals surface area contributed by atoms with Crippen LogP contribution in [0.3, 0.4) is 0 Å². The fourth-order valence-corrected chi connectivity index (χ4v) is 3.02. The minimum Gasteiger partial charge on any atom is -0.377 e. The predicted octanol–water partition coefficient (Wildman–Crippen LogP) is 3.31. The zero-order valence-corrected chi connectivity index (χ0v) is 12.8. The molecule has 1 aliphatic rings. The fraction of sp³-hybridized carbons (Fsp3) is 0.647. The number of benzene rings is 1. The van der Waals surface area contributed by atoms with Crippen LogP contribution in [0.25, 0.3) is 0 Å². The van der Waals surface area contributed by atoms with Gasteiger partial charge >= 0.3 is 0 Å². The second kappa shape index (κ2) is 7.77. The molecular formula is C17H27NO2. The maximum absolute atomic E-state index is 5.69. The van der Waals surface area contributed by atoms with Crippen LogP contribution in [0.2, 0.25) is 0 Å². The molecule has 0 saturated heterocycles. The van der Waals surface area contributed by atoms with Gasteiger partial charge in [-0.15, -0.1) is 0 Å². The van der Waals surface area contributed by atoms with Crippen molar-refractivity contribution >= 4 is 0 Å². The van der Waals surface area contributed by atoms with E-state index in [1.165, 1.54) is 12.0 Å². The molecule has 3 nitrogen and oxygen atoms in total. The molecule has 0 aromatic heterocycles. The average Bonchev–Trinajstić information content (AvgIpc) is 2.46. The minimum atomic E-state index is 0.179. The van der Waals surface area contributed by atoms with Gasteiger partial charge in [0.05, 0.1) is 12.2 Å². The molecular weight excluding hydrogens is 250 g/mol. The Bertz CT molecular complexity index is 382. The van der Waals surface area contributed by atoms with Gasteiger partial charge in [0.15, 0.2) is 0 Å². The number of hydrogen-bond acceptors (Lipinski definition) is 3. The van der Waals surface area contributed by atoms with Gasteiger partial charge in [-0.2, -0.15) is 0 Å². The Morgan fingerprint density at radius 1 is 1.25 bits per heavy atom. The van der Waals surface area contributed by atoms with Gasteiger partial charge in [0, 0.05) is 25.8 Å². The van der Waals surface area contributed by atoms with Gasteiger partial charge in [-0.3, -0.25) is 0 Å². The molecule has 20 heavy (non-hydrogen) atoms. The Labute approximate surface area is 122 Å². The highest BCUT2D eigenvalue weighted by Gasteiger charge is 2.42. The van der Waals surface area contributed by atoms with Crippen LogP contribution in [-0.4, -0.2) is 32.0 Å². The van der Waals surface area contributed by atoms with Crippen LogP contribution >= 0.6 is 0 Å². The van der Waals surface area contributed by atoms with Crippen molar-refractivity contribution in [3.63, 3.8) is 0 Å². The molecule has 0 radical (unpaired) electrons. The van der Waals surface area contributed by atoms with E-state index in [0.29, 0.717) is 12.1 Å². The SMILES string of the molecule is CCCC(NC1CC(OCC)C1OC)c1ccccc1. The third-order valence-electron chi connectivity index (χ3n) is 4.10. The number of hydrogen-bond donors (Lipinski definition) is 1. The van der Waals surface area contributed by atoms with Gasteiger partial charge in [-0.1, -0.05) is 43.7 Å². The lowest BCUT2D eigenvalue weighted by molar-refractivity contribution is -0.133. The van der Waals surface area contributed by atoms with E-state index in [9.17, 15) is 0 Å². The van der Waals surface area contributed by atoms with Crippen LogP contribution in [0, 0.1) is 0 Å². The summed E-state index contributed by atoms with van der Waals surface area (Å²) in [6, 6.07) is 11.5. The molecule has 0 aliphatic heterocycles. The van der Waals surface area contributed by atoms with Gasteiger partial charge in [0.25, 0.3) is 0 Å². The van der Waals surface area contributed by atoms with Gasteiger partial charge in [0.2, 0.25) is 0 Å². The van der Waals surface area contributed by atoms with Gasteiger partial charge in [-0.05, 0) is 25.3 Å². The molecule has 1 aromatic carbocycles. The first-order valence-electron chi connectivity index (χ1n) is 7.75. The summed E-state index contributed by atoms with van der Waals surface area (Å²) >= 11 is 0. The predicted molar refractivity (Wildman–Crippen MR) is 81.8 cm³/mol. The van der Waals surface area contributed by atoms with E-state index in [1.54, 1.807) is 7.11 Å². The van der Waals surface area contributed by atoms with Gasteiger partial charge in [0.1, 0.15) is 0 Å². The minimum absolute atomic E-state index is 0.179. The summed E-state index contributed by atoms with van der Waals surface area (Å²) in [6.07, 6.45) is 3.79. The largest absolute Gasteiger partial charge is 0.377 e. The van der Waals surface area contributed by atoms with E-state index in [0.717, 1.165) is 19.4 Å². The molecule has 1 aliphatic carbocycles. The summed E-state index contributed by atoms with van der Waals surface area (Å²) in [5, 5.41) is 3.76. The average molecular weight is 277 g/mol. The zero-order valence-electron chi connectivity index (χ0n) is 12.8. The van der Waals surface area contributed by atoms with Crippen LogP contribution in [0.1, 0.15) is 44.7 Å². The van der Waals surface area contributed by atoms with Crippen molar-refractivity contribution in [2.24, 2.45) is 0 Å². The lowest BCUT2D eigenvalue weighted by Gasteiger charge is -2.45. The smallest absolute Gasteiger partial charge is 0.0987 e. The Hall–Kier alpha value is -0.900. The summed E-state index contributed by atoms with van der Waals surface area (Å²) in [5.41, 5.74) is 1.36. The van der Waals surface area contributed by atoms with Gasteiger partial charge in [-0.25, -0.2) is 0 Å². The molecule has 0 spiro atoms. The maximum Gasteiger partial charge on any atom is 0.0987 e. The van der Waals surface area contributed by atoms with E-state index < -0.39 is 0 Å². The first-order chi connectivity index (χ1) is 9.80. The molecule has 4 unspecified atom stereocenters. The molecule has 2 rings (SSSR count). The highest BCUT2D eigenvalue weighted by Crippen LogP contribution is 2.30. The molecule has 0 bridgehead atoms. The number of ether oxygens (including phenoxy) is 2. The van der Waals surface area contributed by atoms with E-state index in [-0.39, 0.29) is 12.2 Å². The standard InChI is InChI=1S/C17H27NO2/c1-4-9-14(13-10-7-6-8-11-13)18-15-12-16(20-5-2)17(15)19-3/h6-8,10-11,14-18H,4-5,9,12H2,1-3H3. The maximum atomic E-state index is 5.69. The summed E-state index contributed by atoms with van der Waals surface area (Å²) < 4.78 is 11.3. The lowest BCUT2D eigenvalue weighted by Crippen LogP contribution is -2.60. The lowest BCUT2D eigenvalue weighted by atomic mass is 9.83. The van der Waals surface area contributed by atoms with Crippen LogP contribution in [0.4, 0.5) is 0 Å². The Morgan fingerprint density at radius 2 is 2.00 bits per heavy atom. The third-order valence-corrected chi connectivity index (χ3v) is 4.10. The van der Waals surface area contributed by atoms with Crippen molar-refractivity contribution in [2.75, 3.05) is 13.7 Å². The highest BCUT2D eigenvalue weighted by molar-refractivity contribution is 5.19. The van der Waals surface area contributed by atoms with Gasteiger partial charge < -0.3 is 14.8 Å². The van der Waals surface area contributed by atoms with Crippen molar-refractivity contribution in [1.29, 1.82) is 0 Å². The zero-order chi connectivity index (χ0) is 14.4. The first kappa shape index (κ1) is 15.5. The summed E-state index contributed by atoms with van der Waals surface area (Å²) in [4.78, 5) is 0. The van der Waals surface area contributed by atoms with Crippen LogP contribution in [-0.2, 0) is 9.47 Å². The Kier molecular flexibility index (Phi) is 6.02. The molecule has 112 valence electrons.